The third-order valence-electron chi connectivity index (χ3n) is 6.95. The van der Waals surface area contributed by atoms with Crippen LogP contribution < -0.4 is 5.32 Å². The van der Waals surface area contributed by atoms with Crippen LogP contribution in [0, 0.1) is 5.41 Å². The average Bonchev–Trinajstić information content (AvgIpc) is 3.30. The van der Waals surface area contributed by atoms with Crippen LogP contribution in [0.5, 0.6) is 0 Å². The minimum absolute atomic E-state index is 0.167. The standard InChI is InChI=1S/C24H30N4O5S/c1-14(26(4)23(32)33)20(29)25-16-10-12-34-18-13-24(2,3)19(28(18)21(16)30)22(31)27-11-9-15-7-5-6-8-17(15)27/h5-9,11,14,16,18-19H,10,12-13H2,1-4H3,(H,25,29)(H,32,33)/t14-,16-,18-,19+/m0/s1. The van der Waals surface area contributed by atoms with Crippen molar-refractivity contribution < 1.29 is 24.3 Å². The molecule has 0 spiro atoms. The number of carboxylic acid groups (broad SMARTS) is 1. The van der Waals surface area contributed by atoms with Gasteiger partial charge in [0.05, 0.1) is 10.9 Å². The van der Waals surface area contributed by atoms with Crippen molar-refractivity contribution in [2.75, 3.05) is 12.8 Å². The summed E-state index contributed by atoms with van der Waals surface area (Å²) >= 11 is 1.62. The molecule has 2 saturated heterocycles. The first-order valence-electron chi connectivity index (χ1n) is 11.3. The van der Waals surface area contributed by atoms with Crippen molar-refractivity contribution in [1.29, 1.82) is 0 Å². The summed E-state index contributed by atoms with van der Waals surface area (Å²) in [7, 11) is 1.31. The number of fused-ring (bicyclic) bond motifs is 2. The predicted molar refractivity (Wildman–Crippen MR) is 130 cm³/mol. The van der Waals surface area contributed by atoms with Crippen molar-refractivity contribution in [2.45, 2.75) is 57.1 Å². The molecule has 2 aliphatic heterocycles. The van der Waals surface area contributed by atoms with Crippen molar-refractivity contribution in [3.05, 3.63) is 36.5 Å². The van der Waals surface area contributed by atoms with E-state index in [1.807, 2.05) is 44.2 Å². The van der Waals surface area contributed by atoms with Crippen LogP contribution in [-0.4, -0.2) is 79.6 Å². The second-order valence-corrected chi connectivity index (χ2v) is 11.0. The zero-order valence-electron chi connectivity index (χ0n) is 19.7. The summed E-state index contributed by atoms with van der Waals surface area (Å²) in [6.07, 6.45) is 1.60. The van der Waals surface area contributed by atoms with E-state index in [2.05, 4.69) is 5.32 Å². The van der Waals surface area contributed by atoms with E-state index in [0.29, 0.717) is 18.6 Å². The highest BCUT2D eigenvalue weighted by atomic mass is 32.2. The molecule has 2 aromatic rings. The van der Waals surface area contributed by atoms with Gasteiger partial charge >= 0.3 is 6.09 Å². The molecule has 1 aromatic heterocycles. The van der Waals surface area contributed by atoms with Gasteiger partial charge in [0.25, 0.3) is 5.91 Å². The molecule has 2 fully saturated rings. The number of carbonyl (C=O) groups is 4. The summed E-state index contributed by atoms with van der Waals surface area (Å²) in [4.78, 5) is 54.1. The molecule has 2 aliphatic rings. The lowest BCUT2D eigenvalue weighted by atomic mass is 9.84. The lowest BCUT2D eigenvalue weighted by Gasteiger charge is -2.34. The quantitative estimate of drug-likeness (QED) is 0.687. The Balaban J connectivity index is 1.63. The number of nitrogens with zero attached hydrogens (tertiary/aromatic N) is 3. The molecule has 4 rings (SSSR count). The topological polar surface area (TPSA) is 112 Å². The van der Waals surface area contributed by atoms with E-state index in [1.165, 1.54) is 14.0 Å². The van der Waals surface area contributed by atoms with Crippen LogP contribution in [0.15, 0.2) is 36.5 Å². The van der Waals surface area contributed by atoms with Crippen LogP contribution in [0.3, 0.4) is 0 Å². The average molecular weight is 487 g/mol. The molecule has 4 atom stereocenters. The SMILES string of the molecule is C[C@@H](C(=O)N[C@H]1CCS[C@H]2CC(C)(C)[C@@H](C(=O)n3ccc4ccccc43)N2C1=O)N(C)C(=O)O. The molecule has 1 aromatic carbocycles. The van der Waals surface area contributed by atoms with Crippen molar-refractivity contribution in [1.82, 2.24) is 19.7 Å². The van der Waals surface area contributed by atoms with Crippen LogP contribution in [0.1, 0.15) is 38.4 Å². The zero-order valence-corrected chi connectivity index (χ0v) is 20.5. The number of hydrogen-bond donors (Lipinski definition) is 2. The Kier molecular flexibility index (Phi) is 6.37. The third kappa shape index (κ3) is 4.15. The van der Waals surface area contributed by atoms with Crippen molar-refractivity contribution in [2.24, 2.45) is 5.41 Å². The minimum atomic E-state index is -1.23. The predicted octanol–water partition coefficient (Wildman–Crippen LogP) is 2.85. The number of benzene rings is 1. The molecular weight excluding hydrogens is 456 g/mol. The first-order valence-corrected chi connectivity index (χ1v) is 12.4. The molecule has 0 unspecified atom stereocenters. The van der Waals surface area contributed by atoms with Crippen LogP contribution in [0.4, 0.5) is 4.79 Å². The summed E-state index contributed by atoms with van der Waals surface area (Å²) < 4.78 is 1.62. The highest BCUT2D eigenvalue weighted by Crippen LogP contribution is 2.47. The maximum Gasteiger partial charge on any atom is 0.407 e. The molecule has 182 valence electrons. The number of hydrogen-bond acceptors (Lipinski definition) is 5. The maximum absolute atomic E-state index is 13.9. The number of amides is 3. The Labute approximate surface area is 202 Å². The molecule has 3 amide bonds. The number of likely N-dealkylation sites (N-methyl/N-ethyl adjacent to an activating group) is 1. The Morgan fingerprint density at radius 3 is 2.65 bits per heavy atom. The van der Waals surface area contributed by atoms with Gasteiger partial charge in [-0.25, -0.2) is 4.79 Å². The van der Waals surface area contributed by atoms with Gasteiger partial charge in [0.15, 0.2) is 0 Å². The fraction of sp³-hybridized carbons (Fsp3) is 0.500. The monoisotopic (exact) mass is 486 g/mol. The van der Waals surface area contributed by atoms with Gasteiger partial charge in [-0.2, -0.15) is 0 Å². The van der Waals surface area contributed by atoms with E-state index < -0.39 is 35.5 Å². The Bertz CT molecular complexity index is 1150. The van der Waals surface area contributed by atoms with Crippen LogP contribution in [-0.2, 0) is 9.59 Å². The Morgan fingerprint density at radius 1 is 1.24 bits per heavy atom. The molecule has 10 heteroatoms. The van der Waals surface area contributed by atoms with Gasteiger partial charge < -0.3 is 15.3 Å². The number of para-hydroxylation sites is 1. The molecule has 0 aliphatic carbocycles. The molecular formula is C24H30N4O5S. The number of aromatic nitrogens is 1. The Hall–Kier alpha value is -3.01. The summed E-state index contributed by atoms with van der Waals surface area (Å²) in [5.74, 6) is -0.364. The van der Waals surface area contributed by atoms with E-state index in [1.54, 1.807) is 27.4 Å². The summed E-state index contributed by atoms with van der Waals surface area (Å²) in [6.45, 7) is 5.48. The zero-order chi connectivity index (χ0) is 24.8. The molecule has 9 nitrogen and oxygen atoms in total. The van der Waals surface area contributed by atoms with E-state index in [9.17, 15) is 24.3 Å². The molecule has 3 heterocycles. The molecule has 2 N–H and O–H groups in total. The fourth-order valence-corrected chi connectivity index (χ4v) is 6.44. The normalized spacial score (nSPS) is 24.9. The highest BCUT2D eigenvalue weighted by Gasteiger charge is 2.54. The van der Waals surface area contributed by atoms with E-state index in [0.717, 1.165) is 15.8 Å². The van der Waals surface area contributed by atoms with E-state index >= 15 is 0 Å². The number of rotatable bonds is 4. The van der Waals surface area contributed by atoms with Crippen molar-refractivity contribution in [3.8, 4) is 0 Å². The number of carbonyl (C=O) groups excluding carboxylic acids is 3. The fourth-order valence-electron chi connectivity index (χ4n) is 4.86. The van der Waals surface area contributed by atoms with Gasteiger partial charge in [-0.15, -0.1) is 11.8 Å². The summed E-state index contributed by atoms with van der Waals surface area (Å²) in [5, 5.41) is 12.7. The smallest absolute Gasteiger partial charge is 0.407 e. The van der Waals surface area contributed by atoms with Crippen LogP contribution in [0.2, 0.25) is 0 Å². The Morgan fingerprint density at radius 2 is 1.94 bits per heavy atom. The second kappa shape index (κ2) is 8.98. The van der Waals surface area contributed by atoms with Gasteiger partial charge in [0.1, 0.15) is 18.1 Å². The summed E-state index contributed by atoms with van der Waals surface area (Å²) in [6, 6.07) is 7.04. The second-order valence-electron chi connectivity index (χ2n) is 9.67. The third-order valence-corrected chi connectivity index (χ3v) is 8.20. The maximum atomic E-state index is 13.9. The van der Waals surface area contributed by atoms with Crippen LogP contribution >= 0.6 is 11.8 Å². The van der Waals surface area contributed by atoms with Crippen molar-refractivity contribution in [3.63, 3.8) is 0 Å². The lowest BCUT2D eigenvalue weighted by molar-refractivity contribution is -0.138. The van der Waals surface area contributed by atoms with E-state index in [-0.39, 0.29) is 17.2 Å². The van der Waals surface area contributed by atoms with E-state index in [4.69, 9.17) is 0 Å². The van der Waals surface area contributed by atoms with Gasteiger partial charge in [0, 0.05) is 18.6 Å². The minimum Gasteiger partial charge on any atom is -0.465 e. The van der Waals surface area contributed by atoms with Gasteiger partial charge in [-0.1, -0.05) is 32.0 Å². The lowest BCUT2D eigenvalue weighted by Crippen LogP contribution is -2.57. The number of thioether (sulfide) groups is 1. The largest absolute Gasteiger partial charge is 0.465 e. The first-order chi connectivity index (χ1) is 16.0. The molecule has 34 heavy (non-hydrogen) atoms. The van der Waals surface area contributed by atoms with Gasteiger partial charge in [-0.05, 0) is 43.1 Å². The van der Waals surface area contributed by atoms with Crippen LogP contribution in [0.25, 0.3) is 10.9 Å². The van der Waals surface area contributed by atoms with Gasteiger partial charge in [-0.3, -0.25) is 23.9 Å². The highest BCUT2D eigenvalue weighted by molar-refractivity contribution is 7.99. The number of nitrogens with one attached hydrogen (secondary N) is 1. The summed E-state index contributed by atoms with van der Waals surface area (Å²) in [5.41, 5.74) is 0.329. The molecule has 0 saturated carbocycles. The molecule has 0 radical (unpaired) electrons. The van der Waals surface area contributed by atoms with Crippen molar-refractivity contribution >= 4 is 46.5 Å². The first kappa shape index (κ1) is 24.1. The molecule has 0 bridgehead atoms. The van der Waals surface area contributed by atoms with Gasteiger partial charge in [0.2, 0.25) is 11.8 Å².